The molecule has 25 heavy (non-hydrogen) atoms. The molecule has 0 bridgehead atoms. The van der Waals surface area contributed by atoms with Gasteiger partial charge in [-0.2, -0.15) is 0 Å². The van der Waals surface area contributed by atoms with Gasteiger partial charge < -0.3 is 23.9 Å². The number of oxazole rings is 1. The molecule has 1 atom stereocenters. The summed E-state index contributed by atoms with van der Waals surface area (Å²) in [6, 6.07) is 5.48. The van der Waals surface area contributed by atoms with Crippen molar-refractivity contribution in [2.75, 3.05) is 33.4 Å². The Labute approximate surface area is 144 Å². The molecule has 0 saturated carbocycles. The summed E-state index contributed by atoms with van der Waals surface area (Å²) in [4.78, 5) is 15.4. The summed E-state index contributed by atoms with van der Waals surface area (Å²) >= 11 is 0. The third-order valence-corrected chi connectivity index (χ3v) is 4.25. The lowest BCUT2D eigenvalue weighted by Crippen LogP contribution is -2.43. The molecular formula is C17H20N4O4. The second-order valence-electron chi connectivity index (χ2n) is 5.98. The van der Waals surface area contributed by atoms with Crippen molar-refractivity contribution in [3.05, 3.63) is 24.1 Å². The van der Waals surface area contributed by atoms with Crippen LogP contribution >= 0.6 is 0 Å². The molecule has 0 radical (unpaired) electrons. The van der Waals surface area contributed by atoms with Crippen molar-refractivity contribution >= 4 is 22.8 Å². The lowest BCUT2D eigenvalue weighted by molar-refractivity contribution is 0.0652. The zero-order valence-electron chi connectivity index (χ0n) is 14.0. The number of aliphatic hydroxyl groups excluding tert-OH is 1. The van der Waals surface area contributed by atoms with Crippen LogP contribution in [-0.2, 0) is 11.2 Å². The molecule has 2 aromatic rings. The maximum Gasteiger partial charge on any atom is 0.203 e. The molecule has 0 amide bonds. The van der Waals surface area contributed by atoms with Crippen molar-refractivity contribution in [3.63, 3.8) is 0 Å². The van der Waals surface area contributed by atoms with Crippen LogP contribution in [0.5, 0.6) is 5.75 Å². The van der Waals surface area contributed by atoms with E-state index in [9.17, 15) is 5.11 Å². The number of morpholine rings is 1. The Kier molecular flexibility index (Phi) is 4.37. The predicted molar refractivity (Wildman–Crippen MR) is 92.2 cm³/mol. The minimum absolute atomic E-state index is 0.335. The number of amidine groups is 2. The van der Waals surface area contributed by atoms with Gasteiger partial charge in [0.05, 0.1) is 33.2 Å². The molecule has 1 N–H and O–H groups in total. The fourth-order valence-corrected chi connectivity index (χ4v) is 3.00. The van der Waals surface area contributed by atoms with E-state index in [0.29, 0.717) is 49.1 Å². The molecule has 0 spiro atoms. The molecule has 3 heterocycles. The van der Waals surface area contributed by atoms with Crippen molar-refractivity contribution in [2.24, 2.45) is 9.98 Å². The summed E-state index contributed by atoms with van der Waals surface area (Å²) in [5.74, 6) is 2.60. The van der Waals surface area contributed by atoms with E-state index in [-0.39, 0.29) is 0 Å². The molecule has 1 aromatic carbocycles. The fraction of sp³-hybridized carbons (Fsp3) is 0.471. The van der Waals surface area contributed by atoms with Gasteiger partial charge in [0.2, 0.25) is 5.89 Å². The van der Waals surface area contributed by atoms with Gasteiger partial charge in [-0.15, -0.1) is 0 Å². The van der Waals surface area contributed by atoms with Crippen molar-refractivity contribution in [1.82, 2.24) is 9.88 Å². The molecule has 2 aliphatic rings. The highest BCUT2D eigenvalue weighted by Gasteiger charge is 2.23. The van der Waals surface area contributed by atoms with Gasteiger partial charge in [-0.3, -0.25) is 0 Å². The third kappa shape index (κ3) is 3.49. The number of nitrogens with zero attached hydrogens (tertiary/aromatic N) is 4. The summed E-state index contributed by atoms with van der Waals surface area (Å²) in [6.45, 7) is 2.91. The van der Waals surface area contributed by atoms with Gasteiger partial charge >= 0.3 is 0 Å². The number of rotatable bonds is 3. The second kappa shape index (κ2) is 6.81. The van der Waals surface area contributed by atoms with Gasteiger partial charge in [0.25, 0.3) is 0 Å². The number of aliphatic imine (C=N–C) groups is 2. The summed E-state index contributed by atoms with van der Waals surface area (Å²) in [5.41, 5.74) is 1.41. The topological polar surface area (TPSA) is 92.7 Å². The maximum atomic E-state index is 10.1. The third-order valence-electron chi connectivity index (χ3n) is 4.25. The first-order valence-electron chi connectivity index (χ1n) is 8.30. The van der Waals surface area contributed by atoms with Crippen LogP contribution in [0.4, 0.5) is 0 Å². The van der Waals surface area contributed by atoms with E-state index in [1.807, 2.05) is 12.1 Å². The van der Waals surface area contributed by atoms with Gasteiger partial charge in [0.1, 0.15) is 22.9 Å². The minimum atomic E-state index is -0.783. The number of aliphatic hydroxyl groups is 1. The van der Waals surface area contributed by atoms with E-state index in [0.717, 1.165) is 24.4 Å². The highest BCUT2D eigenvalue weighted by atomic mass is 16.5. The van der Waals surface area contributed by atoms with Crippen LogP contribution in [0.15, 0.2) is 32.6 Å². The largest absolute Gasteiger partial charge is 0.497 e. The van der Waals surface area contributed by atoms with Crippen molar-refractivity contribution < 1.29 is 19.0 Å². The molecule has 0 aliphatic carbocycles. The summed E-state index contributed by atoms with van der Waals surface area (Å²) in [5, 5.41) is 10.1. The predicted octanol–water partition coefficient (Wildman–Crippen LogP) is 1.23. The van der Waals surface area contributed by atoms with Gasteiger partial charge in [-0.25, -0.2) is 15.0 Å². The zero-order valence-corrected chi connectivity index (χ0v) is 14.0. The van der Waals surface area contributed by atoms with Crippen LogP contribution in [0.2, 0.25) is 0 Å². The van der Waals surface area contributed by atoms with E-state index in [1.165, 1.54) is 0 Å². The highest BCUT2D eigenvalue weighted by Crippen LogP contribution is 2.22. The Morgan fingerprint density at radius 2 is 2.16 bits per heavy atom. The summed E-state index contributed by atoms with van der Waals surface area (Å²) in [6.07, 6.45) is -0.0225. The van der Waals surface area contributed by atoms with E-state index < -0.39 is 6.23 Å². The Morgan fingerprint density at radius 3 is 2.96 bits per heavy atom. The summed E-state index contributed by atoms with van der Waals surface area (Å²) < 4.78 is 16.3. The number of benzene rings is 1. The quantitative estimate of drug-likeness (QED) is 0.900. The van der Waals surface area contributed by atoms with Crippen molar-refractivity contribution in [2.45, 2.75) is 19.1 Å². The molecule has 1 unspecified atom stereocenters. The molecule has 1 aromatic heterocycles. The molecule has 1 saturated heterocycles. The van der Waals surface area contributed by atoms with Crippen LogP contribution in [0.25, 0.3) is 11.1 Å². The Balaban J connectivity index is 1.55. The number of ether oxygens (including phenoxy) is 2. The van der Waals surface area contributed by atoms with E-state index in [4.69, 9.17) is 13.9 Å². The number of hydrogen-bond donors (Lipinski definition) is 1. The van der Waals surface area contributed by atoms with Crippen LogP contribution in [0, 0.1) is 0 Å². The molecule has 8 nitrogen and oxygen atoms in total. The number of fused-ring (bicyclic) bond motifs is 1. The molecule has 4 rings (SSSR count). The molecule has 1 fully saturated rings. The lowest BCUT2D eigenvalue weighted by Gasteiger charge is -2.31. The zero-order chi connectivity index (χ0) is 17.2. The van der Waals surface area contributed by atoms with Crippen LogP contribution in [-0.4, -0.2) is 66.3 Å². The Morgan fingerprint density at radius 1 is 1.32 bits per heavy atom. The van der Waals surface area contributed by atoms with E-state index in [2.05, 4.69) is 19.9 Å². The standard InChI is InChI=1S/C17H20N4O4/c1-23-11-2-3-12-13(8-11)25-17(18-12)9-14-19-15(10-16(22)20-14)21-4-6-24-7-5-21/h2-3,8,16,22H,4-7,9-10H2,1H3. The van der Waals surface area contributed by atoms with Crippen molar-refractivity contribution in [3.8, 4) is 5.75 Å². The number of hydrogen-bond acceptors (Lipinski definition) is 8. The average Bonchev–Trinajstić information content (AvgIpc) is 3.03. The monoisotopic (exact) mass is 344 g/mol. The van der Waals surface area contributed by atoms with Crippen LogP contribution < -0.4 is 4.74 Å². The highest BCUT2D eigenvalue weighted by molar-refractivity contribution is 5.99. The molecule has 8 heteroatoms. The Hall–Kier alpha value is -2.45. The van der Waals surface area contributed by atoms with Gasteiger partial charge in [0, 0.05) is 19.2 Å². The average molecular weight is 344 g/mol. The van der Waals surface area contributed by atoms with Gasteiger partial charge in [0.15, 0.2) is 11.8 Å². The number of aromatic nitrogens is 1. The van der Waals surface area contributed by atoms with Crippen LogP contribution in [0.3, 0.4) is 0 Å². The molecule has 132 valence electrons. The van der Waals surface area contributed by atoms with Gasteiger partial charge in [-0.05, 0) is 12.1 Å². The first-order chi connectivity index (χ1) is 12.2. The smallest absolute Gasteiger partial charge is 0.203 e. The second-order valence-corrected chi connectivity index (χ2v) is 5.98. The normalized spacial score (nSPS) is 21.2. The molecule has 2 aliphatic heterocycles. The fourth-order valence-electron chi connectivity index (χ4n) is 3.00. The minimum Gasteiger partial charge on any atom is -0.497 e. The Bertz CT molecular complexity index is 823. The first-order valence-corrected chi connectivity index (χ1v) is 8.30. The maximum absolute atomic E-state index is 10.1. The van der Waals surface area contributed by atoms with Gasteiger partial charge in [-0.1, -0.05) is 0 Å². The SMILES string of the molecule is COc1ccc2nc(CC3=NC(O)CC(N4CCOCC4)=N3)oc2c1. The first kappa shape index (κ1) is 16.0. The van der Waals surface area contributed by atoms with Crippen LogP contribution in [0.1, 0.15) is 12.3 Å². The lowest BCUT2D eigenvalue weighted by atomic mass is 10.2. The van der Waals surface area contributed by atoms with E-state index >= 15 is 0 Å². The van der Waals surface area contributed by atoms with Crippen molar-refractivity contribution in [1.29, 1.82) is 0 Å². The summed E-state index contributed by atoms with van der Waals surface area (Å²) in [7, 11) is 1.61. The molecular weight excluding hydrogens is 324 g/mol. The van der Waals surface area contributed by atoms with E-state index in [1.54, 1.807) is 13.2 Å². The number of methoxy groups -OCH3 is 1.